The Bertz CT molecular complexity index is 216. The van der Waals surface area contributed by atoms with Crippen molar-refractivity contribution in [1.82, 2.24) is 5.32 Å². The number of nitrogens with one attached hydrogen (secondary N) is 1. The Kier molecular flexibility index (Phi) is 9.04. The van der Waals surface area contributed by atoms with Gasteiger partial charge in [-0.3, -0.25) is 0 Å². The molecule has 1 aliphatic rings. The van der Waals surface area contributed by atoms with Gasteiger partial charge in [-0.25, -0.2) is 0 Å². The van der Waals surface area contributed by atoms with Crippen LogP contribution in [0.5, 0.6) is 0 Å². The molecule has 1 atom stereocenters. The summed E-state index contributed by atoms with van der Waals surface area (Å²) in [4.78, 5) is 0. The molecule has 0 heterocycles. The first-order valence-corrected chi connectivity index (χ1v) is 8.02. The minimum atomic E-state index is 0.480. The maximum absolute atomic E-state index is 5.38. The molecule has 0 bridgehead atoms. The SMILES string of the molecule is C#CCC(C)NC1CCCCCCCCCCC1. The van der Waals surface area contributed by atoms with Gasteiger partial charge >= 0.3 is 0 Å². The summed E-state index contributed by atoms with van der Waals surface area (Å²) in [7, 11) is 0. The molecule has 0 spiro atoms. The van der Waals surface area contributed by atoms with Crippen molar-refractivity contribution in [1.29, 1.82) is 0 Å². The van der Waals surface area contributed by atoms with Crippen LogP contribution in [-0.4, -0.2) is 12.1 Å². The fourth-order valence-corrected chi connectivity index (χ4v) is 2.97. The van der Waals surface area contributed by atoms with Gasteiger partial charge in [-0.2, -0.15) is 0 Å². The molecule has 1 aliphatic carbocycles. The highest BCUT2D eigenvalue weighted by molar-refractivity contribution is 4.89. The van der Waals surface area contributed by atoms with Crippen LogP contribution >= 0.6 is 0 Å². The minimum Gasteiger partial charge on any atom is -0.311 e. The highest BCUT2D eigenvalue weighted by atomic mass is 14.9. The average molecular weight is 249 g/mol. The number of rotatable bonds is 3. The second kappa shape index (κ2) is 10.4. The van der Waals surface area contributed by atoms with Crippen LogP contribution in [-0.2, 0) is 0 Å². The summed E-state index contributed by atoms with van der Waals surface area (Å²) in [6, 6.07) is 1.18. The molecule has 1 unspecified atom stereocenters. The third kappa shape index (κ3) is 7.77. The van der Waals surface area contributed by atoms with Crippen molar-refractivity contribution in [2.45, 2.75) is 96.1 Å². The normalized spacial score (nSPS) is 22.4. The number of hydrogen-bond acceptors (Lipinski definition) is 1. The largest absolute Gasteiger partial charge is 0.311 e. The smallest absolute Gasteiger partial charge is 0.0238 e. The van der Waals surface area contributed by atoms with Gasteiger partial charge in [0.1, 0.15) is 0 Å². The van der Waals surface area contributed by atoms with Gasteiger partial charge in [0, 0.05) is 18.5 Å². The fraction of sp³-hybridized carbons (Fsp3) is 0.882. The molecule has 0 aliphatic heterocycles. The van der Waals surface area contributed by atoms with Crippen LogP contribution in [0.4, 0.5) is 0 Å². The van der Waals surface area contributed by atoms with Crippen LogP contribution in [0.25, 0.3) is 0 Å². The number of hydrogen-bond donors (Lipinski definition) is 1. The Hall–Kier alpha value is -0.480. The highest BCUT2D eigenvalue weighted by Gasteiger charge is 2.11. The number of terminal acetylenes is 1. The Balaban J connectivity index is 2.29. The second-order valence-corrected chi connectivity index (χ2v) is 5.93. The van der Waals surface area contributed by atoms with Crippen molar-refractivity contribution >= 4 is 0 Å². The monoisotopic (exact) mass is 249 g/mol. The second-order valence-electron chi connectivity index (χ2n) is 5.93. The molecule has 104 valence electrons. The third-order valence-electron chi connectivity index (χ3n) is 4.05. The van der Waals surface area contributed by atoms with Crippen LogP contribution in [0.3, 0.4) is 0 Å². The van der Waals surface area contributed by atoms with Crippen molar-refractivity contribution in [3.05, 3.63) is 0 Å². The average Bonchev–Trinajstić information content (AvgIpc) is 2.33. The van der Waals surface area contributed by atoms with Crippen molar-refractivity contribution in [3.63, 3.8) is 0 Å². The van der Waals surface area contributed by atoms with Gasteiger partial charge < -0.3 is 5.32 Å². The zero-order valence-corrected chi connectivity index (χ0v) is 12.2. The Morgan fingerprint density at radius 3 is 1.83 bits per heavy atom. The van der Waals surface area contributed by atoms with E-state index in [1.165, 1.54) is 70.6 Å². The van der Waals surface area contributed by atoms with Gasteiger partial charge in [0.15, 0.2) is 0 Å². The highest BCUT2D eigenvalue weighted by Crippen LogP contribution is 2.17. The molecule has 0 radical (unpaired) electrons. The van der Waals surface area contributed by atoms with Crippen molar-refractivity contribution in [2.75, 3.05) is 0 Å². The molecule has 0 aromatic heterocycles. The summed E-state index contributed by atoms with van der Waals surface area (Å²) in [6.07, 6.45) is 21.8. The Morgan fingerprint density at radius 1 is 0.944 bits per heavy atom. The van der Waals surface area contributed by atoms with Gasteiger partial charge in [-0.1, -0.05) is 57.8 Å². The summed E-state index contributed by atoms with van der Waals surface area (Å²) in [5.41, 5.74) is 0. The van der Waals surface area contributed by atoms with Crippen LogP contribution in [0.2, 0.25) is 0 Å². The first-order valence-electron chi connectivity index (χ1n) is 8.02. The van der Waals surface area contributed by atoms with E-state index < -0.39 is 0 Å². The molecular weight excluding hydrogens is 218 g/mol. The molecule has 0 amide bonds. The molecule has 1 N–H and O–H groups in total. The predicted octanol–water partition coefficient (Wildman–Crippen LogP) is 4.66. The summed E-state index contributed by atoms with van der Waals surface area (Å²) >= 11 is 0. The molecular formula is C17H31N. The standard InChI is InChI=1S/C17H31N/c1-3-13-16(2)18-17-14-11-9-7-5-4-6-8-10-12-15-17/h1,16-18H,4-15H2,2H3. The Morgan fingerprint density at radius 2 is 1.39 bits per heavy atom. The van der Waals surface area contributed by atoms with Gasteiger partial charge in [0.2, 0.25) is 0 Å². The van der Waals surface area contributed by atoms with Crippen molar-refractivity contribution in [2.24, 2.45) is 0 Å². The topological polar surface area (TPSA) is 12.0 Å². The quantitative estimate of drug-likeness (QED) is 0.717. The van der Waals surface area contributed by atoms with E-state index >= 15 is 0 Å². The predicted molar refractivity (Wildman–Crippen MR) is 80.6 cm³/mol. The zero-order valence-electron chi connectivity index (χ0n) is 12.2. The summed E-state index contributed by atoms with van der Waals surface area (Å²) in [5.74, 6) is 2.76. The van der Waals surface area contributed by atoms with E-state index in [4.69, 9.17) is 6.42 Å². The molecule has 0 aromatic rings. The zero-order chi connectivity index (χ0) is 13.1. The third-order valence-corrected chi connectivity index (χ3v) is 4.05. The van der Waals surface area contributed by atoms with Gasteiger partial charge in [0.05, 0.1) is 0 Å². The van der Waals surface area contributed by atoms with E-state index in [1.807, 2.05) is 0 Å². The first-order chi connectivity index (χ1) is 8.83. The van der Waals surface area contributed by atoms with Crippen molar-refractivity contribution in [3.8, 4) is 12.3 Å². The van der Waals surface area contributed by atoms with Gasteiger partial charge in [-0.15, -0.1) is 12.3 Å². The van der Waals surface area contributed by atoms with Crippen molar-refractivity contribution < 1.29 is 0 Å². The maximum atomic E-state index is 5.38. The summed E-state index contributed by atoms with van der Waals surface area (Å²) in [6.45, 7) is 2.22. The van der Waals surface area contributed by atoms with E-state index in [0.29, 0.717) is 12.1 Å². The lowest BCUT2D eigenvalue weighted by atomic mass is 9.97. The lowest BCUT2D eigenvalue weighted by Gasteiger charge is -2.23. The molecule has 1 saturated carbocycles. The fourth-order valence-electron chi connectivity index (χ4n) is 2.97. The molecule has 1 nitrogen and oxygen atoms in total. The van der Waals surface area contributed by atoms with Crippen LogP contribution in [0.1, 0.15) is 84.0 Å². The van der Waals surface area contributed by atoms with E-state index in [2.05, 4.69) is 18.2 Å². The van der Waals surface area contributed by atoms with E-state index in [-0.39, 0.29) is 0 Å². The van der Waals surface area contributed by atoms with E-state index in [9.17, 15) is 0 Å². The van der Waals surface area contributed by atoms with E-state index in [1.54, 1.807) is 0 Å². The summed E-state index contributed by atoms with van der Waals surface area (Å²) < 4.78 is 0. The van der Waals surface area contributed by atoms with Gasteiger partial charge in [-0.05, 0) is 19.8 Å². The van der Waals surface area contributed by atoms with E-state index in [0.717, 1.165) is 6.42 Å². The molecule has 0 aromatic carbocycles. The molecule has 1 heteroatoms. The molecule has 1 rings (SSSR count). The van der Waals surface area contributed by atoms with Crippen LogP contribution < -0.4 is 5.32 Å². The molecule has 1 fully saturated rings. The van der Waals surface area contributed by atoms with Crippen LogP contribution in [0, 0.1) is 12.3 Å². The first kappa shape index (κ1) is 15.6. The van der Waals surface area contributed by atoms with Crippen LogP contribution in [0.15, 0.2) is 0 Å². The van der Waals surface area contributed by atoms with Gasteiger partial charge in [0.25, 0.3) is 0 Å². The Labute approximate surface area is 114 Å². The maximum Gasteiger partial charge on any atom is 0.0238 e. The lowest BCUT2D eigenvalue weighted by molar-refractivity contribution is 0.373. The molecule has 18 heavy (non-hydrogen) atoms. The molecule has 0 saturated heterocycles. The summed E-state index contributed by atoms with van der Waals surface area (Å²) in [5, 5.41) is 3.73. The lowest BCUT2D eigenvalue weighted by Crippen LogP contribution is -2.36. The minimum absolute atomic E-state index is 0.480.